The van der Waals surface area contributed by atoms with E-state index in [0.717, 1.165) is 0 Å². The Hall–Kier alpha value is 1.19. The minimum atomic E-state index is -2.90. The molecule has 0 spiro atoms. The first-order valence-electron chi connectivity index (χ1n) is 1.84. The summed E-state index contributed by atoms with van der Waals surface area (Å²) < 4.78 is 10.0. The van der Waals surface area contributed by atoms with Gasteiger partial charge in [-0.3, -0.25) is 0 Å². The van der Waals surface area contributed by atoms with Crippen molar-refractivity contribution >= 4 is 7.37 Å². The van der Waals surface area contributed by atoms with Crippen LogP contribution in [0.3, 0.4) is 0 Å². The summed E-state index contributed by atoms with van der Waals surface area (Å²) >= 11 is 0. The summed E-state index contributed by atoms with van der Waals surface area (Å²) in [5.41, 5.74) is 0. The van der Waals surface area contributed by atoms with E-state index in [1.807, 2.05) is 0 Å². The molecule has 0 radical (unpaired) electrons. The first kappa shape index (κ1) is 11.0. The maximum atomic E-state index is 10.0. The molecule has 1 unspecified atom stereocenters. The maximum absolute atomic E-state index is 10.0. The van der Waals surface area contributed by atoms with Gasteiger partial charge in [0.1, 0.15) is 0 Å². The minimum Gasteiger partial charge on any atom is -0.799 e. The van der Waals surface area contributed by atoms with Crippen LogP contribution in [0, 0.1) is 0 Å². The molecular weight excluding hydrogens is 122 g/mol. The van der Waals surface area contributed by atoms with E-state index in [9.17, 15) is 9.46 Å². The number of rotatable bonds is 1. The molecule has 1 atom stereocenters. The fraction of sp³-hybridized carbons (Fsp3) is 1.00. The van der Waals surface area contributed by atoms with Crippen molar-refractivity contribution in [1.29, 1.82) is 0 Å². The Morgan fingerprint density at radius 1 is 1.71 bits per heavy atom. The van der Waals surface area contributed by atoms with E-state index in [2.05, 4.69) is 0 Å². The SMILES string of the molecule is CCP(C)(=O)[O-].[Na+]. The van der Waals surface area contributed by atoms with E-state index in [4.69, 9.17) is 0 Å². The van der Waals surface area contributed by atoms with Gasteiger partial charge in [-0.1, -0.05) is 6.92 Å². The van der Waals surface area contributed by atoms with Gasteiger partial charge in [0.2, 0.25) is 0 Å². The van der Waals surface area contributed by atoms with Crippen molar-refractivity contribution in [3.05, 3.63) is 0 Å². The summed E-state index contributed by atoms with van der Waals surface area (Å²) in [6.07, 6.45) is 0.271. The zero-order valence-corrected chi connectivity index (χ0v) is 7.87. The zero-order valence-electron chi connectivity index (χ0n) is 4.97. The second-order valence-corrected chi connectivity index (χ2v) is 3.99. The van der Waals surface area contributed by atoms with Crippen LogP contribution in [0.15, 0.2) is 0 Å². The molecule has 0 N–H and O–H groups in total. The molecule has 0 bridgehead atoms. The molecule has 0 aliphatic carbocycles. The number of hydrogen-bond donors (Lipinski definition) is 0. The first-order chi connectivity index (χ1) is 2.56. The molecule has 7 heavy (non-hydrogen) atoms. The molecule has 0 fully saturated rings. The van der Waals surface area contributed by atoms with Gasteiger partial charge in [-0.25, -0.2) is 0 Å². The summed E-state index contributed by atoms with van der Waals surface area (Å²) in [5, 5.41) is 0. The predicted octanol–water partition coefficient (Wildman–Crippen LogP) is -2.72. The standard InChI is InChI=1S/C3H9O2P.Na/c1-3-6(2,4)5;/h3H2,1-2H3,(H,4,5);/q;+1/p-1. The van der Waals surface area contributed by atoms with Crippen LogP contribution < -0.4 is 34.5 Å². The van der Waals surface area contributed by atoms with Gasteiger partial charge in [0, 0.05) is 7.37 Å². The van der Waals surface area contributed by atoms with Gasteiger partial charge in [-0.15, -0.1) is 0 Å². The molecule has 0 heterocycles. The minimum absolute atomic E-state index is 0. The van der Waals surface area contributed by atoms with E-state index in [0.29, 0.717) is 0 Å². The fourth-order valence-electron chi connectivity index (χ4n) is 0. The molecule has 0 saturated heterocycles. The van der Waals surface area contributed by atoms with Gasteiger partial charge in [-0.2, -0.15) is 0 Å². The van der Waals surface area contributed by atoms with Crippen LogP contribution in [-0.2, 0) is 4.57 Å². The van der Waals surface area contributed by atoms with Crippen molar-refractivity contribution in [2.45, 2.75) is 6.92 Å². The van der Waals surface area contributed by atoms with Crippen molar-refractivity contribution in [3.8, 4) is 0 Å². The van der Waals surface area contributed by atoms with Crippen LogP contribution in [-0.4, -0.2) is 12.8 Å². The first-order valence-corrected chi connectivity index (χ1v) is 4.09. The number of hydrogen-bond acceptors (Lipinski definition) is 2. The molecular formula is C3H8NaO2P. The van der Waals surface area contributed by atoms with Crippen LogP contribution >= 0.6 is 7.37 Å². The van der Waals surface area contributed by atoms with Gasteiger partial charge >= 0.3 is 29.6 Å². The van der Waals surface area contributed by atoms with Crippen LogP contribution in [0.1, 0.15) is 6.92 Å². The average molecular weight is 130 g/mol. The molecule has 0 aliphatic heterocycles. The summed E-state index contributed by atoms with van der Waals surface area (Å²) in [7, 11) is -2.90. The van der Waals surface area contributed by atoms with E-state index < -0.39 is 7.37 Å². The molecule has 0 aromatic carbocycles. The molecule has 0 rings (SSSR count). The fourth-order valence-corrected chi connectivity index (χ4v) is 0. The Balaban J connectivity index is 0. The second-order valence-electron chi connectivity index (χ2n) is 1.33. The molecule has 4 heteroatoms. The van der Waals surface area contributed by atoms with Gasteiger partial charge in [-0.05, 0) is 12.8 Å². The van der Waals surface area contributed by atoms with Crippen LogP contribution in [0.4, 0.5) is 0 Å². The average Bonchev–Trinajstić information content (AvgIpc) is 1.35. The van der Waals surface area contributed by atoms with Gasteiger partial charge in [0.05, 0.1) is 0 Å². The molecule has 0 aromatic rings. The molecule has 0 amide bonds. The topological polar surface area (TPSA) is 40.1 Å². The van der Waals surface area contributed by atoms with Crippen LogP contribution in [0.2, 0.25) is 0 Å². The van der Waals surface area contributed by atoms with Crippen molar-refractivity contribution in [2.24, 2.45) is 0 Å². The smallest absolute Gasteiger partial charge is 0.799 e. The third-order valence-corrected chi connectivity index (χ3v) is 1.72. The molecule has 0 saturated carbocycles. The summed E-state index contributed by atoms with van der Waals surface area (Å²) in [6.45, 7) is 2.88. The molecule has 38 valence electrons. The summed E-state index contributed by atoms with van der Waals surface area (Å²) in [4.78, 5) is 10.0. The van der Waals surface area contributed by atoms with Gasteiger partial charge in [0.25, 0.3) is 0 Å². The molecule has 0 aromatic heterocycles. The Labute approximate surface area is 66.1 Å². The monoisotopic (exact) mass is 130 g/mol. The summed E-state index contributed by atoms with van der Waals surface area (Å²) in [6, 6.07) is 0. The van der Waals surface area contributed by atoms with Crippen molar-refractivity contribution < 1.29 is 39.0 Å². The maximum Gasteiger partial charge on any atom is 1.00 e. The normalized spacial score (nSPS) is 17.0. The van der Waals surface area contributed by atoms with Crippen molar-refractivity contribution in [2.75, 3.05) is 12.8 Å². The quantitative estimate of drug-likeness (QED) is 0.286. The van der Waals surface area contributed by atoms with Gasteiger partial charge in [0.15, 0.2) is 0 Å². The third kappa shape index (κ3) is 11.0. The van der Waals surface area contributed by atoms with E-state index in [-0.39, 0.29) is 35.7 Å². The van der Waals surface area contributed by atoms with E-state index in [1.54, 1.807) is 6.92 Å². The Bertz CT molecular complexity index is 77.0. The van der Waals surface area contributed by atoms with Crippen molar-refractivity contribution in [1.82, 2.24) is 0 Å². The van der Waals surface area contributed by atoms with Gasteiger partial charge < -0.3 is 9.46 Å². The largest absolute Gasteiger partial charge is 1.00 e. The third-order valence-electron chi connectivity index (χ3n) is 0.574. The Morgan fingerprint density at radius 3 is 1.86 bits per heavy atom. The predicted molar refractivity (Wildman–Crippen MR) is 24.1 cm³/mol. The summed E-state index contributed by atoms with van der Waals surface area (Å²) in [5.74, 6) is 0. The Morgan fingerprint density at radius 2 is 1.86 bits per heavy atom. The van der Waals surface area contributed by atoms with E-state index in [1.165, 1.54) is 6.66 Å². The van der Waals surface area contributed by atoms with Crippen LogP contribution in [0.5, 0.6) is 0 Å². The second kappa shape index (κ2) is 4.11. The molecule has 0 aliphatic rings. The van der Waals surface area contributed by atoms with Crippen molar-refractivity contribution in [3.63, 3.8) is 0 Å². The molecule has 2 nitrogen and oxygen atoms in total. The Kier molecular flexibility index (Phi) is 6.48. The van der Waals surface area contributed by atoms with E-state index >= 15 is 0 Å². The zero-order chi connectivity index (χ0) is 5.21. The van der Waals surface area contributed by atoms with Crippen LogP contribution in [0.25, 0.3) is 0 Å².